The first-order chi connectivity index (χ1) is 9.00. The minimum atomic E-state index is 0.132. The first kappa shape index (κ1) is 13.9. The third-order valence-electron chi connectivity index (χ3n) is 3.00. The fraction of sp³-hybridized carbons (Fsp3) is 0.400. The third-order valence-corrected chi connectivity index (χ3v) is 3.78. The lowest BCUT2D eigenvalue weighted by atomic mass is 9.87. The van der Waals surface area contributed by atoms with E-state index < -0.39 is 0 Å². The minimum absolute atomic E-state index is 0.132. The van der Waals surface area contributed by atoms with E-state index in [0.29, 0.717) is 0 Å². The molecular formula is C15H20N2OS. The summed E-state index contributed by atoms with van der Waals surface area (Å²) in [6, 6.07) is 6.31. The number of nitrogens with zero attached hydrogens (tertiary/aromatic N) is 1. The molecule has 3 nitrogen and oxygen atoms in total. The van der Waals surface area contributed by atoms with Crippen molar-refractivity contribution in [2.24, 2.45) is 0 Å². The molecule has 4 heteroatoms. The highest BCUT2D eigenvalue weighted by molar-refractivity contribution is 7.09. The molecule has 0 unspecified atom stereocenters. The van der Waals surface area contributed by atoms with E-state index in [0.717, 1.165) is 18.0 Å². The standard InChI is InChI=1S/C15H20N2OS/c1-15(2,3)11-5-6-14(18-4)13(7-11)17-9-12-8-16-10-19-12/h5-8,10,17H,9H2,1-4H3. The smallest absolute Gasteiger partial charge is 0.141 e. The first-order valence-electron chi connectivity index (χ1n) is 6.30. The van der Waals surface area contributed by atoms with Crippen LogP contribution in [0.25, 0.3) is 0 Å². The van der Waals surface area contributed by atoms with E-state index in [4.69, 9.17) is 4.74 Å². The van der Waals surface area contributed by atoms with E-state index in [1.165, 1.54) is 10.4 Å². The molecule has 0 amide bonds. The molecule has 0 radical (unpaired) electrons. The molecule has 0 saturated heterocycles. The van der Waals surface area contributed by atoms with Gasteiger partial charge in [-0.25, -0.2) is 0 Å². The fourth-order valence-corrected chi connectivity index (χ4v) is 2.36. The summed E-state index contributed by atoms with van der Waals surface area (Å²) in [5, 5.41) is 3.42. The fourth-order valence-electron chi connectivity index (χ4n) is 1.82. The van der Waals surface area contributed by atoms with Crippen molar-refractivity contribution in [2.75, 3.05) is 12.4 Å². The largest absolute Gasteiger partial charge is 0.495 e. The van der Waals surface area contributed by atoms with Crippen LogP contribution in [0.5, 0.6) is 5.75 Å². The molecule has 0 bridgehead atoms. The van der Waals surface area contributed by atoms with Gasteiger partial charge in [-0.1, -0.05) is 26.8 Å². The minimum Gasteiger partial charge on any atom is -0.495 e. The monoisotopic (exact) mass is 276 g/mol. The predicted octanol–water partition coefficient (Wildman–Crippen LogP) is 4.06. The Bertz CT molecular complexity index is 530. The van der Waals surface area contributed by atoms with Gasteiger partial charge in [0.15, 0.2) is 0 Å². The average Bonchev–Trinajstić information content (AvgIpc) is 2.88. The Hall–Kier alpha value is -1.55. The molecule has 0 atom stereocenters. The molecule has 1 N–H and O–H groups in total. The molecule has 19 heavy (non-hydrogen) atoms. The molecule has 0 fully saturated rings. The Balaban J connectivity index is 2.21. The van der Waals surface area contributed by atoms with Gasteiger partial charge < -0.3 is 10.1 Å². The van der Waals surface area contributed by atoms with Crippen molar-refractivity contribution in [3.05, 3.63) is 40.3 Å². The normalized spacial score (nSPS) is 11.4. The van der Waals surface area contributed by atoms with E-state index in [-0.39, 0.29) is 5.41 Å². The van der Waals surface area contributed by atoms with Crippen molar-refractivity contribution in [1.29, 1.82) is 0 Å². The van der Waals surface area contributed by atoms with Crippen molar-refractivity contribution in [3.8, 4) is 5.75 Å². The van der Waals surface area contributed by atoms with E-state index >= 15 is 0 Å². The van der Waals surface area contributed by atoms with Gasteiger partial charge in [0.05, 0.1) is 24.9 Å². The summed E-state index contributed by atoms with van der Waals surface area (Å²) in [6.45, 7) is 7.40. The molecule has 0 saturated carbocycles. The summed E-state index contributed by atoms with van der Waals surface area (Å²) < 4.78 is 5.41. The number of thiazole rings is 1. The molecule has 1 heterocycles. The highest BCUT2D eigenvalue weighted by Gasteiger charge is 2.15. The van der Waals surface area contributed by atoms with Crippen molar-refractivity contribution >= 4 is 17.0 Å². The molecule has 0 aliphatic heterocycles. The second-order valence-electron chi connectivity index (χ2n) is 5.49. The number of anilines is 1. The molecular weight excluding hydrogens is 256 g/mol. The van der Waals surface area contributed by atoms with Crippen LogP contribution < -0.4 is 10.1 Å². The summed E-state index contributed by atoms with van der Waals surface area (Å²) >= 11 is 1.65. The topological polar surface area (TPSA) is 34.1 Å². The summed E-state index contributed by atoms with van der Waals surface area (Å²) in [7, 11) is 1.70. The van der Waals surface area contributed by atoms with E-state index in [2.05, 4.69) is 43.2 Å². The number of rotatable bonds is 4. The van der Waals surface area contributed by atoms with E-state index in [9.17, 15) is 0 Å². The van der Waals surface area contributed by atoms with E-state index in [1.807, 2.05) is 17.8 Å². The van der Waals surface area contributed by atoms with Gasteiger partial charge >= 0.3 is 0 Å². The zero-order valence-corrected chi connectivity index (χ0v) is 12.7. The highest BCUT2D eigenvalue weighted by atomic mass is 32.1. The SMILES string of the molecule is COc1ccc(C(C)(C)C)cc1NCc1cncs1. The molecule has 1 aromatic heterocycles. The van der Waals surface area contributed by atoms with Crippen LogP contribution in [0.15, 0.2) is 29.9 Å². The van der Waals surface area contributed by atoms with Crippen LogP contribution in [0.3, 0.4) is 0 Å². The molecule has 2 rings (SSSR count). The van der Waals surface area contributed by atoms with Gasteiger partial charge in [-0.2, -0.15) is 0 Å². The lowest BCUT2D eigenvalue weighted by molar-refractivity contribution is 0.416. The second kappa shape index (κ2) is 5.61. The van der Waals surface area contributed by atoms with Gasteiger partial charge in [0.25, 0.3) is 0 Å². The van der Waals surface area contributed by atoms with Crippen LogP contribution in [0, 0.1) is 0 Å². The number of methoxy groups -OCH3 is 1. The third kappa shape index (κ3) is 3.47. The van der Waals surface area contributed by atoms with Gasteiger partial charge in [-0.3, -0.25) is 4.98 Å². The summed E-state index contributed by atoms with van der Waals surface area (Å²) in [4.78, 5) is 5.29. The van der Waals surface area contributed by atoms with Crippen molar-refractivity contribution in [3.63, 3.8) is 0 Å². The van der Waals surface area contributed by atoms with Crippen LogP contribution >= 0.6 is 11.3 Å². The van der Waals surface area contributed by atoms with Crippen molar-refractivity contribution in [1.82, 2.24) is 4.98 Å². The van der Waals surface area contributed by atoms with Gasteiger partial charge in [0.1, 0.15) is 5.75 Å². The predicted molar refractivity (Wildman–Crippen MR) is 81.1 cm³/mol. The lowest BCUT2D eigenvalue weighted by Gasteiger charge is -2.21. The van der Waals surface area contributed by atoms with Crippen LogP contribution in [-0.4, -0.2) is 12.1 Å². The number of hydrogen-bond acceptors (Lipinski definition) is 4. The zero-order chi connectivity index (χ0) is 13.9. The number of hydrogen-bond donors (Lipinski definition) is 1. The average molecular weight is 276 g/mol. The molecule has 2 aromatic rings. The number of aromatic nitrogens is 1. The van der Waals surface area contributed by atoms with Crippen molar-refractivity contribution < 1.29 is 4.74 Å². The van der Waals surface area contributed by atoms with Crippen LogP contribution in [0.1, 0.15) is 31.2 Å². The van der Waals surface area contributed by atoms with Gasteiger partial charge in [-0.05, 0) is 23.1 Å². The van der Waals surface area contributed by atoms with Gasteiger partial charge in [0, 0.05) is 11.1 Å². The maximum atomic E-state index is 5.41. The number of benzene rings is 1. The molecule has 0 aliphatic carbocycles. The Labute approximate surface area is 118 Å². The summed E-state index contributed by atoms with van der Waals surface area (Å²) in [6.07, 6.45) is 1.89. The number of ether oxygens (including phenoxy) is 1. The molecule has 0 spiro atoms. The number of nitrogens with one attached hydrogen (secondary N) is 1. The molecule has 102 valence electrons. The van der Waals surface area contributed by atoms with Crippen LogP contribution in [-0.2, 0) is 12.0 Å². The summed E-state index contributed by atoms with van der Waals surface area (Å²) in [5.41, 5.74) is 4.30. The Morgan fingerprint density at radius 3 is 2.68 bits per heavy atom. The van der Waals surface area contributed by atoms with Gasteiger partial charge in [-0.15, -0.1) is 11.3 Å². The first-order valence-corrected chi connectivity index (χ1v) is 7.18. The van der Waals surface area contributed by atoms with E-state index in [1.54, 1.807) is 18.4 Å². The van der Waals surface area contributed by atoms with Crippen molar-refractivity contribution in [2.45, 2.75) is 32.7 Å². The van der Waals surface area contributed by atoms with Gasteiger partial charge in [0.2, 0.25) is 0 Å². The lowest BCUT2D eigenvalue weighted by Crippen LogP contribution is -2.12. The highest BCUT2D eigenvalue weighted by Crippen LogP contribution is 2.31. The summed E-state index contributed by atoms with van der Waals surface area (Å²) in [5.74, 6) is 0.873. The van der Waals surface area contributed by atoms with Crippen LogP contribution in [0.4, 0.5) is 5.69 Å². The Morgan fingerprint density at radius 1 is 1.32 bits per heavy atom. The second-order valence-corrected chi connectivity index (χ2v) is 6.46. The zero-order valence-electron chi connectivity index (χ0n) is 11.9. The maximum Gasteiger partial charge on any atom is 0.141 e. The molecule has 0 aliphatic rings. The molecule has 1 aromatic carbocycles. The van der Waals surface area contributed by atoms with Crippen LogP contribution in [0.2, 0.25) is 0 Å². The maximum absolute atomic E-state index is 5.41. The quantitative estimate of drug-likeness (QED) is 0.914. The Morgan fingerprint density at radius 2 is 2.11 bits per heavy atom. The Kier molecular flexibility index (Phi) is 4.10.